The van der Waals surface area contributed by atoms with E-state index < -0.39 is 5.91 Å². The number of carbonyl (C=O) groups excluding carboxylic acids is 2. The first-order valence-corrected chi connectivity index (χ1v) is 8.35. The van der Waals surface area contributed by atoms with Crippen molar-refractivity contribution in [1.29, 1.82) is 0 Å². The van der Waals surface area contributed by atoms with Crippen LogP contribution in [0.3, 0.4) is 0 Å². The van der Waals surface area contributed by atoms with E-state index in [0.717, 1.165) is 31.6 Å². The SMILES string of the molecule is NC(=O)c1ccc(NC(=O)/C=C/c2ccco2)cc1N1CCCCC1. The van der Waals surface area contributed by atoms with Crippen molar-refractivity contribution in [3.8, 4) is 0 Å². The predicted octanol–water partition coefficient (Wildman–Crippen LogP) is 3.02. The zero-order chi connectivity index (χ0) is 17.6. The highest BCUT2D eigenvalue weighted by molar-refractivity contribution is 6.04. The summed E-state index contributed by atoms with van der Waals surface area (Å²) in [5.74, 6) is -0.128. The van der Waals surface area contributed by atoms with Crippen LogP contribution in [0.5, 0.6) is 0 Å². The maximum absolute atomic E-state index is 12.1. The lowest BCUT2D eigenvalue weighted by Crippen LogP contribution is -2.31. The van der Waals surface area contributed by atoms with E-state index in [1.54, 1.807) is 36.6 Å². The number of furan rings is 1. The summed E-state index contributed by atoms with van der Waals surface area (Å²) >= 11 is 0. The second-order valence-corrected chi connectivity index (χ2v) is 5.98. The maximum atomic E-state index is 12.1. The van der Waals surface area contributed by atoms with Gasteiger partial charge in [0.2, 0.25) is 5.91 Å². The molecule has 0 bridgehead atoms. The first-order chi connectivity index (χ1) is 12.1. The zero-order valence-electron chi connectivity index (χ0n) is 13.9. The maximum Gasteiger partial charge on any atom is 0.250 e. The van der Waals surface area contributed by atoms with Gasteiger partial charge in [0, 0.05) is 24.9 Å². The molecule has 1 aliphatic rings. The molecular formula is C19H21N3O3. The Balaban J connectivity index is 1.77. The molecule has 0 radical (unpaired) electrons. The van der Waals surface area contributed by atoms with Gasteiger partial charge in [0.25, 0.3) is 5.91 Å². The van der Waals surface area contributed by atoms with Gasteiger partial charge in [-0.05, 0) is 55.7 Å². The number of benzene rings is 1. The molecule has 25 heavy (non-hydrogen) atoms. The molecule has 1 aliphatic heterocycles. The zero-order valence-corrected chi connectivity index (χ0v) is 13.9. The van der Waals surface area contributed by atoms with Crippen molar-refractivity contribution in [2.75, 3.05) is 23.3 Å². The number of nitrogens with two attached hydrogens (primary N) is 1. The Labute approximate surface area is 146 Å². The quantitative estimate of drug-likeness (QED) is 0.820. The number of anilines is 2. The minimum Gasteiger partial charge on any atom is -0.465 e. The Kier molecular flexibility index (Phi) is 5.18. The molecule has 2 heterocycles. The van der Waals surface area contributed by atoms with Gasteiger partial charge in [-0.25, -0.2) is 0 Å². The van der Waals surface area contributed by atoms with Crippen LogP contribution < -0.4 is 16.0 Å². The van der Waals surface area contributed by atoms with E-state index in [1.165, 1.54) is 12.5 Å². The van der Waals surface area contributed by atoms with Crippen LogP contribution in [0.15, 0.2) is 47.1 Å². The average molecular weight is 339 g/mol. The smallest absolute Gasteiger partial charge is 0.250 e. The highest BCUT2D eigenvalue weighted by Gasteiger charge is 2.18. The molecule has 1 fully saturated rings. The lowest BCUT2D eigenvalue weighted by atomic mass is 10.1. The van der Waals surface area contributed by atoms with Gasteiger partial charge in [-0.1, -0.05) is 0 Å². The molecule has 0 aliphatic carbocycles. The molecule has 6 heteroatoms. The molecule has 1 saturated heterocycles. The second kappa shape index (κ2) is 7.70. The lowest BCUT2D eigenvalue weighted by Gasteiger charge is -2.30. The third-order valence-corrected chi connectivity index (χ3v) is 4.17. The molecule has 0 atom stereocenters. The Morgan fingerprint density at radius 2 is 1.96 bits per heavy atom. The van der Waals surface area contributed by atoms with Crippen LogP contribution in [0.2, 0.25) is 0 Å². The molecule has 0 saturated carbocycles. The van der Waals surface area contributed by atoms with Crippen molar-refractivity contribution in [1.82, 2.24) is 0 Å². The van der Waals surface area contributed by atoms with Crippen LogP contribution in [-0.2, 0) is 4.79 Å². The summed E-state index contributed by atoms with van der Waals surface area (Å²) in [6, 6.07) is 8.68. The lowest BCUT2D eigenvalue weighted by molar-refractivity contribution is -0.111. The van der Waals surface area contributed by atoms with Crippen molar-refractivity contribution in [3.05, 3.63) is 54.0 Å². The molecule has 3 rings (SSSR count). The van der Waals surface area contributed by atoms with Gasteiger partial charge in [0.05, 0.1) is 17.5 Å². The largest absolute Gasteiger partial charge is 0.465 e. The van der Waals surface area contributed by atoms with Gasteiger partial charge in [-0.3, -0.25) is 9.59 Å². The number of rotatable bonds is 5. The van der Waals surface area contributed by atoms with Gasteiger partial charge in [-0.2, -0.15) is 0 Å². The van der Waals surface area contributed by atoms with Crippen molar-refractivity contribution in [2.24, 2.45) is 5.73 Å². The monoisotopic (exact) mass is 339 g/mol. The van der Waals surface area contributed by atoms with E-state index in [-0.39, 0.29) is 5.91 Å². The molecule has 2 amide bonds. The van der Waals surface area contributed by atoms with Gasteiger partial charge < -0.3 is 20.4 Å². The van der Waals surface area contributed by atoms with Crippen LogP contribution in [-0.4, -0.2) is 24.9 Å². The van der Waals surface area contributed by atoms with Crippen molar-refractivity contribution in [2.45, 2.75) is 19.3 Å². The first kappa shape index (κ1) is 16.8. The summed E-state index contributed by atoms with van der Waals surface area (Å²) < 4.78 is 5.15. The fourth-order valence-corrected chi connectivity index (χ4v) is 2.94. The van der Waals surface area contributed by atoms with Crippen LogP contribution in [0.4, 0.5) is 11.4 Å². The number of hydrogen-bond donors (Lipinski definition) is 2. The van der Waals surface area contributed by atoms with Crippen molar-refractivity contribution < 1.29 is 14.0 Å². The van der Waals surface area contributed by atoms with Gasteiger partial charge in [0.1, 0.15) is 5.76 Å². The highest BCUT2D eigenvalue weighted by Crippen LogP contribution is 2.27. The third-order valence-electron chi connectivity index (χ3n) is 4.17. The first-order valence-electron chi connectivity index (χ1n) is 8.35. The van der Waals surface area contributed by atoms with Crippen LogP contribution in [0.25, 0.3) is 6.08 Å². The van der Waals surface area contributed by atoms with Crippen molar-refractivity contribution >= 4 is 29.3 Å². The summed E-state index contributed by atoms with van der Waals surface area (Å²) in [6.45, 7) is 1.77. The summed E-state index contributed by atoms with van der Waals surface area (Å²) in [4.78, 5) is 25.9. The molecule has 3 N–H and O–H groups in total. The van der Waals surface area contributed by atoms with E-state index in [4.69, 9.17) is 10.2 Å². The fraction of sp³-hybridized carbons (Fsp3) is 0.263. The summed E-state index contributed by atoms with van der Waals surface area (Å²) in [7, 11) is 0. The molecule has 2 aromatic rings. The number of carbonyl (C=O) groups is 2. The highest BCUT2D eigenvalue weighted by atomic mass is 16.3. The standard InChI is InChI=1S/C19H21N3O3/c20-19(24)16-8-6-14(13-17(16)22-10-2-1-3-11-22)21-18(23)9-7-15-5-4-12-25-15/h4-9,12-13H,1-3,10-11H2,(H2,20,24)(H,21,23)/b9-7+. The number of primary amides is 1. The topological polar surface area (TPSA) is 88.6 Å². The molecule has 1 aromatic carbocycles. The van der Waals surface area contributed by atoms with Gasteiger partial charge in [-0.15, -0.1) is 0 Å². The normalized spacial score (nSPS) is 14.6. The fourth-order valence-electron chi connectivity index (χ4n) is 2.94. The van der Waals surface area contributed by atoms with Crippen molar-refractivity contribution in [3.63, 3.8) is 0 Å². The van der Waals surface area contributed by atoms with E-state index in [2.05, 4.69) is 10.2 Å². The molecule has 6 nitrogen and oxygen atoms in total. The summed E-state index contributed by atoms with van der Waals surface area (Å²) in [6.07, 6.45) is 7.91. The minimum absolute atomic E-state index is 0.271. The van der Waals surface area contributed by atoms with Crippen LogP contribution >= 0.6 is 0 Å². The van der Waals surface area contributed by atoms with Crippen LogP contribution in [0, 0.1) is 0 Å². The van der Waals surface area contributed by atoms with Gasteiger partial charge >= 0.3 is 0 Å². The Morgan fingerprint density at radius 1 is 1.16 bits per heavy atom. The molecule has 0 spiro atoms. The van der Waals surface area contributed by atoms with Crippen LogP contribution in [0.1, 0.15) is 35.4 Å². The molecule has 130 valence electrons. The second-order valence-electron chi connectivity index (χ2n) is 5.98. The van der Waals surface area contributed by atoms with E-state index in [9.17, 15) is 9.59 Å². The third kappa shape index (κ3) is 4.29. The Morgan fingerprint density at radius 3 is 2.64 bits per heavy atom. The van der Waals surface area contributed by atoms with Gasteiger partial charge in [0.15, 0.2) is 0 Å². The summed E-state index contributed by atoms with van der Waals surface area (Å²) in [5.41, 5.74) is 7.38. The Hall–Kier alpha value is -3.02. The Bertz CT molecular complexity index is 775. The van der Waals surface area contributed by atoms with E-state index in [0.29, 0.717) is 17.0 Å². The molecule has 0 unspecified atom stereocenters. The number of piperidine rings is 1. The molecule has 1 aromatic heterocycles. The number of amides is 2. The predicted molar refractivity (Wildman–Crippen MR) is 97.4 cm³/mol. The van der Waals surface area contributed by atoms with E-state index >= 15 is 0 Å². The summed E-state index contributed by atoms with van der Waals surface area (Å²) in [5, 5.41) is 2.80. The number of hydrogen-bond acceptors (Lipinski definition) is 4. The number of nitrogens with zero attached hydrogens (tertiary/aromatic N) is 1. The minimum atomic E-state index is -0.462. The molecular weight excluding hydrogens is 318 g/mol. The average Bonchev–Trinajstić information content (AvgIpc) is 3.14. The number of nitrogens with one attached hydrogen (secondary N) is 1. The van der Waals surface area contributed by atoms with E-state index in [1.807, 2.05) is 6.07 Å².